The molecule has 0 saturated heterocycles. The molecule has 0 aliphatic carbocycles. The van der Waals surface area contributed by atoms with E-state index in [0.717, 1.165) is 35.5 Å². The Labute approximate surface area is 212 Å². The second-order valence-corrected chi connectivity index (χ2v) is 11.4. The molecule has 5 heteroatoms. The second-order valence-electron chi connectivity index (χ2n) is 10.4. The van der Waals surface area contributed by atoms with Gasteiger partial charge in [-0.25, -0.2) is 4.98 Å². The maximum Gasteiger partial charge on any atom is 0.143 e. The van der Waals surface area contributed by atoms with Crippen LogP contribution in [0.1, 0.15) is 98.2 Å². The normalized spacial score (nSPS) is 16.6. The maximum atomic E-state index is 13.1. The number of carbonyl (C=O) groups excluding carboxylic acids is 1. The number of carbonyl (C=O) groups is 1. The highest BCUT2D eigenvalue weighted by Gasteiger charge is 2.36. The van der Waals surface area contributed by atoms with E-state index in [1.54, 1.807) is 11.3 Å². The van der Waals surface area contributed by atoms with Crippen molar-refractivity contribution in [3.63, 3.8) is 0 Å². The standard InChI is InChI=1S/C29H47NO3S/c1-11-19(3)13-14-26(21(5)17-25-18-34-24(8)30-25)33-22(6)15-16-29(9,10)28(32)23(7)27(31)20(4)12-2/h13,17-18,20,23,26-27,31H,6,11-12,14-16H2,1-5,7-10H3/b19-13-,21-17+/t20-,23+,26-,27-/m0/s1. The average Bonchev–Trinajstić information content (AvgIpc) is 3.22. The molecule has 0 aromatic carbocycles. The Balaban J connectivity index is 2.87. The van der Waals surface area contributed by atoms with Gasteiger partial charge in [-0.05, 0) is 51.2 Å². The Morgan fingerprint density at radius 1 is 1.29 bits per heavy atom. The summed E-state index contributed by atoms with van der Waals surface area (Å²) in [7, 11) is 0. The summed E-state index contributed by atoms with van der Waals surface area (Å²) in [6.07, 6.45) is 7.44. The zero-order valence-electron chi connectivity index (χ0n) is 22.9. The minimum absolute atomic E-state index is 0.0983. The van der Waals surface area contributed by atoms with Gasteiger partial charge in [0.05, 0.1) is 22.6 Å². The van der Waals surface area contributed by atoms with E-state index in [1.165, 1.54) is 5.57 Å². The molecule has 4 atom stereocenters. The van der Waals surface area contributed by atoms with Crippen LogP contribution >= 0.6 is 11.3 Å². The molecular weight excluding hydrogens is 442 g/mol. The summed E-state index contributed by atoms with van der Waals surface area (Å²) >= 11 is 1.64. The van der Waals surface area contributed by atoms with E-state index in [9.17, 15) is 9.90 Å². The average molecular weight is 490 g/mol. The van der Waals surface area contributed by atoms with E-state index < -0.39 is 11.5 Å². The number of aliphatic hydroxyl groups is 1. The Morgan fingerprint density at radius 3 is 2.47 bits per heavy atom. The number of hydrogen-bond acceptors (Lipinski definition) is 5. The number of ketones is 1. The summed E-state index contributed by atoms with van der Waals surface area (Å²) in [5.41, 5.74) is 2.83. The van der Waals surface area contributed by atoms with Crippen molar-refractivity contribution in [3.05, 3.63) is 45.6 Å². The summed E-state index contributed by atoms with van der Waals surface area (Å²) < 4.78 is 6.33. The molecule has 1 rings (SSSR count). The van der Waals surface area contributed by atoms with Crippen molar-refractivity contribution in [2.75, 3.05) is 0 Å². The van der Waals surface area contributed by atoms with Gasteiger partial charge in [-0.3, -0.25) is 4.79 Å². The Kier molecular flexibility index (Phi) is 12.5. The molecule has 0 fully saturated rings. The fourth-order valence-electron chi connectivity index (χ4n) is 3.89. The molecule has 4 nitrogen and oxygen atoms in total. The van der Waals surface area contributed by atoms with Crippen LogP contribution in [0.25, 0.3) is 6.08 Å². The minimum atomic E-state index is -0.615. The van der Waals surface area contributed by atoms with Crippen LogP contribution < -0.4 is 0 Å². The largest absolute Gasteiger partial charge is 0.491 e. The van der Waals surface area contributed by atoms with Gasteiger partial charge >= 0.3 is 0 Å². The van der Waals surface area contributed by atoms with Crippen LogP contribution in [-0.4, -0.2) is 28.1 Å². The zero-order chi connectivity index (χ0) is 26.1. The van der Waals surface area contributed by atoms with Crippen LogP contribution in [0.15, 0.2) is 34.9 Å². The molecule has 1 N–H and O–H groups in total. The number of aryl methyl sites for hydroxylation is 1. The van der Waals surface area contributed by atoms with Crippen molar-refractivity contribution in [1.82, 2.24) is 4.98 Å². The van der Waals surface area contributed by atoms with Crippen molar-refractivity contribution in [3.8, 4) is 0 Å². The number of rotatable bonds is 15. The zero-order valence-corrected chi connectivity index (χ0v) is 23.7. The van der Waals surface area contributed by atoms with Crippen LogP contribution in [-0.2, 0) is 9.53 Å². The number of aliphatic hydroxyl groups excluding tert-OH is 1. The monoisotopic (exact) mass is 489 g/mol. The fourth-order valence-corrected chi connectivity index (χ4v) is 4.46. The van der Waals surface area contributed by atoms with Gasteiger partial charge in [0.2, 0.25) is 0 Å². The summed E-state index contributed by atoms with van der Waals surface area (Å²) in [5.74, 6) is 0.498. The van der Waals surface area contributed by atoms with Crippen molar-refractivity contribution in [2.45, 2.75) is 107 Å². The van der Waals surface area contributed by atoms with Crippen LogP contribution in [0.4, 0.5) is 0 Å². The van der Waals surface area contributed by atoms with Crippen LogP contribution in [0.3, 0.4) is 0 Å². The molecule has 0 spiro atoms. The molecule has 0 amide bonds. The first kappa shape index (κ1) is 30.3. The Morgan fingerprint density at radius 2 is 1.94 bits per heavy atom. The molecule has 0 aliphatic rings. The van der Waals surface area contributed by atoms with Gasteiger partial charge in [-0.15, -0.1) is 11.3 Å². The van der Waals surface area contributed by atoms with Gasteiger partial charge in [-0.2, -0.15) is 0 Å². The molecule has 0 radical (unpaired) electrons. The van der Waals surface area contributed by atoms with Gasteiger partial charge in [0.25, 0.3) is 0 Å². The summed E-state index contributed by atoms with van der Waals surface area (Å²) in [5, 5.41) is 13.6. The number of nitrogens with zero attached hydrogens (tertiary/aromatic N) is 1. The van der Waals surface area contributed by atoms with E-state index >= 15 is 0 Å². The number of thiazole rings is 1. The van der Waals surface area contributed by atoms with Gasteiger partial charge in [0.1, 0.15) is 11.9 Å². The summed E-state index contributed by atoms with van der Waals surface area (Å²) in [6.45, 7) is 22.3. The van der Waals surface area contributed by atoms with E-state index in [2.05, 4.69) is 49.9 Å². The van der Waals surface area contributed by atoms with E-state index in [-0.39, 0.29) is 23.7 Å². The SMILES string of the molecule is C=C(CCC(C)(C)C(=O)[C@H](C)[C@@H](O)[C@@H](C)CC)O[C@@H](C/C=C(/C)CC)/C(C)=C/c1csc(C)n1. The third-order valence-corrected chi connectivity index (χ3v) is 7.71. The Bertz CT molecular complexity index is 864. The molecule has 1 heterocycles. The predicted octanol–water partition coefficient (Wildman–Crippen LogP) is 7.92. The number of allylic oxidation sites excluding steroid dienone is 2. The van der Waals surface area contributed by atoms with Crippen molar-refractivity contribution in [1.29, 1.82) is 0 Å². The number of aromatic nitrogens is 1. The number of ether oxygens (including phenoxy) is 1. The molecule has 34 heavy (non-hydrogen) atoms. The third kappa shape index (κ3) is 9.50. The van der Waals surface area contributed by atoms with Gasteiger partial charge in [0.15, 0.2) is 0 Å². The molecule has 0 bridgehead atoms. The van der Waals surface area contributed by atoms with Crippen LogP contribution in [0.2, 0.25) is 0 Å². The molecular formula is C29H47NO3S. The van der Waals surface area contributed by atoms with Crippen LogP contribution in [0, 0.1) is 24.2 Å². The van der Waals surface area contributed by atoms with E-state index in [0.29, 0.717) is 18.6 Å². The Hall–Kier alpha value is -1.72. The molecule has 0 saturated carbocycles. The highest BCUT2D eigenvalue weighted by atomic mass is 32.1. The lowest BCUT2D eigenvalue weighted by Crippen LogP contribution is -2.38. The maximum absolute atomic E-state index is 13.1. The molecule has 0 unspecified atom stereocenters. The first-order valence-electron chi connectivity index (χ1n) is 12.6. The first-order valence-corrected chi connectivity index (χ1v) is 13.5. The van der Waals surface area contributed by atoms with E-state index in [4.69, 9.17) is 4.74 Å². The van der Waals surface area contributed by atoms with Gasteiger partial charge in [-0.1, -0.05) is 66.2 Å². The first-order chi connectivity index (χ1) is 15.8. The van der Waals surface area contributed by atoms with Gasteiger partial charge in [0, 0.05) is 29.6 Å². The van der Waals surface area contributed by atoms with E-state index in [1.807, 2.05) is 41.5 Å². The predicted molar refractivity (Wildman–Crippen MR) is 146 cm³/mol. The number of hydrogen-bond donors (Lipinski definition) is 1. The smallest absolute Gasteiger partial charge is 0.143 e. The summed E-state index contributed by atoms with van der Waals surface area (Å²) in [4.78, 5) is 17.7. The molecule has 0 aliphatic heterocycles. The quantitative estimate of drug-likeness (QED) is 0.201. The minimum Gasteiger partial charge on any atom is -0.491 e. The highest BCUT2D eigenvalue weighted by Crippen LogP contribution is 2.32. The highest BCUT2D eigenvalue weighted by molar-refractivity contribution is 7.09. The lowest BCUT2D eigenvalue weighted by molar-refractivity contribution is -0.135. The summed E-state index contributed by atoms with van der Waals surface area (Å²) in [6, 6.07) is 0. The van der Waals surface area contributed by atoms with Crippen molar-refractivity contribution < 1.29 is 14.6 Å². The fraction of sp³-hybridized carbons (Fsp3) is 0.655. The lowest BCUT2D eigenvalue weighted by atomic mass is 9.74. The molecule has 192 valence electrons. The van der Waals surface area contributed by atoms with Gasteiger partial charge < -0.3 is 9.84 Å². The lowest BCUT2D eigenvalue weighted by Gasteiger charge is -2.31. The topological polar surface area (TPSA) is 59.4 Å². The van der Waals surface area contributed by atoms with Crippen molar-refractivity contribution in [2.24, 2.45) is 17.3 Å². The second kappa shape index (κ2) is 14.0. The molecule has 1 aromatic rings. The molecule has 1 aromatic heterocycles. The van der Waals surface area contributed by atoms with Crippen molar-refractivity contribution >= 4 is 23.2 Å². The van der Waals surface area contributed by atoms with Crippen LogP contribution in [0.5, 0.6) is 0 Å². The number of Topliss-reactive ketones (excluding diaryl/α,β-unsaturated/α-hetero) is 1. The third-order valence-electron chi connectivity index (χ3n) is 6.92.